The lowest BCUT2D eigenvalue weighted by Gasteiger charge is -2.27. The van der Waals surface area contributed by atoms with E-state index in [0.717, 1.165) is 40.6 Å². The molecule has 2 fully saturated rings. The fraction of sp³-hybridized carbons (Fsp3) is 0.469. The van der Waals surface area contributed by atoms with Gasteiger partial charge in [0.25, 0.3) is 11.1 Å². The van der Waals surface area contributed by atoms with Crippen molar-refractivity contribution in [2.24, 2.45) is 0 Å². The summed E-state index contributed by atoms with van der Waals surface area (Å²) >= 11 is 0. The molecule has 0 radical (unpaired) electrons. The summed E-state index contributed by atoms with van der Waals surface area (Å²) in [6, 6.07) is 15.9. The number of halogens is 2. The van der Waals surface area contributed by atoms with Gasteiger partial charge in [-0.1, -0.05) is 48.6 Å². The molecule has 0 saturated carbocycles. The molecule has 4 unspecified atom stereocenters. The van der Waals surface area contributed by atoms with E-state index in [-0.39, 0.29) is 24.7 Å². The number of benzene rings is 2. The van der Waals surface area contributed by atoms with Gasteiger partial charge in [-0.3, -0.25) is 47.3 Å². The van der Waals surface area contributed by atoms with Crippen LogP contribution in [0.25, 0.3) is 0 Å². The highest BCUT2D eigenvalue weighted by Gasteiger charge is 2.58. The first-order valence-electron chi connectivity index (χ1n) is 24.1. The Morgan fingerprint density at radius 1 is 0.714 bits per heavy atom. The van der Waals surface area contributed by atoms with E-state index >= 15 is 8.78 Å². The van der Waals surface area contributed by atoms with Crippen LogP contribution in [0.15, 0.2) is 130 Å². The van der Waals surface area contributed by atoms with Crippen molar-refractivity contribution in [1.82, 2.24) is 29.3 Å². The van der Waals surface area contributed by atoms with Crippen molar-refractivity contribution in [2.45, 2.75) is 114 Å². The van der Waals surface area contributed by atoms with Gasteiger partial charge in [-0.25, -0.2) is 27.5 Å². The van der Waals surface area contributed by atoms with Gasteiger partial charge in [0.15, 0.2) is 23.8 Å². The number of aliphatic hydroxyl groups is 1. The zero-order chi connectivity index (χ0) is 56.6. The molecule has 24 nitrogen and oxygen atoms in total. The Labute approximate surface area is 440 Å². The molecule has 0 amide bonds. The highest BCUT2D eigenvalue weighted by molar-refractivity contribution is 7.52. The number of nitrogens with zero attached hydrogens (tertiary/aromatic N) is 2. The van der Waals surface area contributed by atoms with Crippen molar-refractivity contribution < 1.29 is 74.4 Å². The lowest BCUT2D eigenvalue weighted by molar-refractivity contribution is -0.146. The average Bonchev–Trinajstić information content (AvgIpc) is 3.77. The number of aromatic amines is 2. The lowest BCUT2D eigenvalue weighted by Crippen LogP contribution is -2.44. The number of hydrogen-bond donors (Lipinski definition) is 5. The van der Waals surface area contributed by atoms with Crippen molar-refractivity contribution in [3.8, 4) is 11.5 Å². The largest absolute Gasteiger partial charge is 0.465 e. The molecule has 4 heterocycles. The molecule has 6 rings (SSSR count). The number of para-hydroxylation sites is 2. The zero-order valence-electron chi connectivity index (χ0n) is 42.9. The number of nitrogens with one attached hydrogen (secondary N) is 4. The van der Waals surface area contributed by atoms with E-state index in [0.29, 0.717) is 25.7 Å². The monoisotopic (exact) mass is 1120 g/mol. The van der Waals surface area contributed by atoms with Crippen molar-refractivity contribution in [3.05, 3.63) is 152 Å². The second-order valence-electron chi connectivity index (χ2n) is 17.8. The third kappa shape index (κ3) is 16.9. The Morgan fingerprint density at radius 3 is 1.52 bits per heavy atom. The first-order valence-corrected chi connectivity index (χ1v) is 27.2. The fourth-order valence-electron chi connectivity index (χ4n) is 7.69. The summed E-state index contributed by atoms with van der Waals surface area (Å²) in [6.07, 6.45) is -0.779. The molecule has 5 N–H and O–H groups in total. The van der Waals surface area contributed by atoms with Crippen LogP contribution >= 0.6 is 15.5 Å². The number of allylic oxidation sites excluding steroid dienone is 2. The van der Waals surface area contributed by atoms with Gasteiger partial charge >= 0.3 is 38.8 Å². The molecular formula is C49H64F2N6O18P2. The number of aliphatic hydroxyl groups excluding tert-OH is 1. The van der Waals surface area contributed by atoms with Gasteiger partial charge in [-0.2, -0.15) is 10.2 Å². The number of aromatic nitrogens is 4. The molecule has 0 aliphatic carbocycles. The summed E-state index contributed by atoms with van der Waals surface area (Å²) in [4.78, 5) is 76.1. The molecule has 2 aliphatic rings. The molecule has 422 valence electrons. The van der Waals surface area contributed by atoms with Crippen LogP contribution in [0.5, 0.6) is 11.5 Å². The van der Waals surface area contributed by atoms with E-state index in [2.05, 4.69) is 23.3 Å². The van der Waals surface area contributed by atoms with Crippen LogP contribution in [0.2, 0.25) is 0 Å². The Balaban J connectivity index is 0.000000284. The lowest BCUT2D eigenvalue weighted by atomic mass is 9.98. The molecule has 12 atom stereocenters. The maximum atomic E-state index is 15.9. The second kappa shape index (κ2) is 27.9. The molecule has 2 aliphatic heterocycles. The molecule has 28 heteroatoms. The van der Waals surface area contributed by atoms with Gasteiger partial charge in [0, 0.05) is 31.6 Å². The minimum atomic E-state index is -4.32. The number of carbonyl (C=O) groups is 2. The highest BCUT2D eigenvalue weighted by Crippen LogP contribution is 2.49. The summed E-state index contributed by atoms with van der Waals surface area (Å²) in [6.45, 7) is 11.3. The topological polar surface area (TPSA) is 305 Å². The summed E-state index contributed by atoms with van der Waals surface area (Å²) in [5.41, 5.74) is -7.92. The number of rotatable bonds is 27. The van der Waals surface area contributed by atoms with E-state index in [4.69, 9.17) is 41.8 Å². The third-order valence-electron chi connectivity index (χ3n) is 11.6. The van der Waals surface area contributed by atoms with Gasteiger partial charge in [0.1, 0.15) is 48.0 Å². The van der Waals surface area contributed by atoms with Crippen molar-refractivity contribution in [2.75, 3.05) is 33.5 Å². The average molecular weight is 1130 g/mol. The van der Waals surface area contributed by atoms with E-state index < -0.39 is 123 Å². The first-order chi connectivity index (χ1) is 36.5. The molecule has 4 aromatic rings. The van der Waals surface area contributed by atoms with Crippen LogP contribution in [0.1, 0.15) is 65.8 Å². The summed E-state index contributed by atoms with van der Waals surface area (Å²) in [5, 5.41) is 15.6. The minimum Gasteiger partial charge on any atom is -0.465 e. The summed E-state index contributed by atoms with van der Waals surface area (Å²) in [7, 11) is -7.35. The maximum absolute atomic E-state index is 15.9. The Bertz CT molecular complexity index is 2940. The standard InChI is InChI=1S/C25H33FN3O9P.C24H31FN3O9P/c1-5-6-10-15-35-22(31)17(2)28-39(33,38-18-11-8-7-9-12-18)36-16-19-21(34-4)25(3,26)23(37-19)29-14-13-20(30)27-24(29)32;1-4-5-9-14-34-21(31)16(2)27-38(33,37-17-10-7-6-8-11-17)35-15-18-20(30)24(3,25)22(36-18)28-13-12-19(29)26-23(28)32/h5,7-9,11-14,17,19,21,23H,1,6,10,15-16H2,2-4H3,(H,28,33)(H,27,30,32);4,6-8,10-13,16,18,20,22,30H,1,5,9,14-15H2,2-3H3,(H,27,33)(H,26,29,32)/t17-,19?,21+,23?,25+,39-;16-,18?,20+,22?,24+,38-/m00/s1. The van der Waals surface area contributed by atoms with E-state index in [1.165, 1.54) is 52.1 Å². The predicted molar refractivity (Wildman–Crippen MR) is 274 cm³/mol. The fourth-order valence-corrected chi connectivity index (χ4v) is 10.7. The Morgan fingerprint density at radius 2 is 1.12 bits per heavy atom. The number of alkyl halides is 2. The van der Waals surface area contributed by atoms with E-state index in [1.807, 2.05) is 9.97 Å². The second-order valence-corrected chi connectivity index (χ2v) is 21.2. The maximum Gasteiger partial charge on any atom is 0.459 e. The van der Waals surface area contributed by atoms with Crippen LogP contribution in [0.3, 0.4) is 0 Å². The van der Waals surface area contributed by atoms with Gasteiger partial charge in [-0.15, -0.1) is 13.2 Å². The number of methoxy groups -OCH3 is 1. The number of H-pyrrole nitrogens is 2. The van der Waals surface area contributed by atoms with Crippen LogP contribution < -0.4 is 41.7 Å². The van der Waals surface area contributed by atoms with Crippen LogP contribution in [0.4, 0.5) is 8.78 Å². The molecule has 2 aromatic heterocycles. The molecule has 0 bridgehead atoms. The smallest absolute Gasteiger partial charge is 0.459 e. The summed E-state index contributed by atoms with van der Waals surface area (Å²) < 4.78 is 110. The number of esters is 2. The molecule has 2 saturated heterocycles. The van der Waals surface area contributed by atoms with E-state index in [1.54, 1.807) is 48.6 Å². The van der Waals surface area contributed by atoms with Crippen LogP contribution in [-0.4, -0.2) is 118 Å². The van der Waals surface area contributed by atoms with Crippen molar-refractivity contribution >= 4 is 27.4 Å². The van der Waals surface area contributed by atoms with Gasteiger partial charge in [-0.05, 0) is 77.6 Å². The SMILES string of the molecule is C=CCCCOC(=O)[C@H](C)N[P@](=O)(OCC1OC(n2ccc(=O)[nH]c2=O)[C@](C)(F)[C@@H]1O)Oc1ccccc1.C=CCCCOC(=O)[C@H](C)N[P@](=O)(OCC1OC(n2ccc(=O)[nH]c2=O)[C@](C)(F)[C@@H]1OC)Oc1ccccc1. The predicted octanol–water partition coefficient (Wildman–Crippen LogP) is 5.08. The Kier molecular flexibility index (Phi) is 22.4. The molecule has 2 aromatic carbocycles. The zero-order valence-corrected chi connectivity index (χ0v) is 44.6. The van der Waals surface area contributed by atoms with Crippen molar-refractivity contribution in [1.29, 1.82) is 0 Å². The van der Waals surface area contributed by atoms with Crippen LogP contribution in [0, 0.1) is 0 Å². The number of carbonyl (C=O) groups excluding carboxylic acids is 2. The van der Waals surface area contributed by atoms with Crippen LogP contribution in [-0.2, 0) is 51.5 Å². The highest BCUT2D eigenvalue weighted by atomic mass is 31.2. The molecule has 0 spiro atoms. The van der Waals surface area contributed by atoms with Gasteiger partial charge in [0.2, 0.25) is 0 Å². The molecular weight excluding hydrogens is 1060 g/mol. The summed E-state index contributed by atoms with van der Waals surface area (Å²) in [5.74, 6) is -1.06. The van der Waals surface area contributed by atoms with Gasteiger partial charge in [0.05, 0.1) is 26.4 Å². The quantitative estimate of drug-likeness (QED) is 0.0225. The number of ether oxygens (including phenoxy) is 5. The Hall–Kier alpha value is -6.18. The normalized spacial score (nSPS) is 25.1. The van der Waals surface area contributed by atoms with Gasteiger partial charge < -0.3 is 37.8 Å². The minimum absolute atomic E-state index is 0.129. The van der Waals surface area contributed by atoms with Crippen molar-refractivity contribution in [3.63, 3.8) is 0 Å². The van der Waals surface area contributed by atoms with E-state index in [9.17, 15) is 43.0 Å². The first kappa shape index (κ1) is 61.7. The molecule has 77 heavy (non-hydrogen) atoms. The number of unbranched alkanes of at least 4 members (excludes halogenated alkanes) is 2. The number of hydrogen-bond acceptors (Lipinski definition) is 18. The third-order valence-corrected chi connectivity index (χ3v) is 14.9.